The second-order valence-corrected chi connectivity index (χ2v) is 8.73. The fourth-order valence-electron chi connectivity index (χ4n) is 4.82. The summed E-state index contributed by atoms with van der Waals surface area (Å²) in [6, 6.07) is 13.3. The first-order chi connectivity index (χ1) is 14.1. The number of nitrogens with zero attached hydrogens (tertiary/aromatic N) is 3. The predicted molar refractivity (Wildman–Crippen MR) is 123 cm³/mol. The molecule has 3 nitrogen and oxygen atoms in total. The van der Waals surface area contributed by atoms with E-state index < -0.39 is 0 Å². The van der Waals surface area contributed by atoms with Crippen LogP contribution in [0, 0.1) is 5.41 Å². The van der Waals surface area contributed by atoms with Gasteiger partial charge in [-0.2, -0.15) is 0 Å². The summed E-state index contributed by atoms with van der Waals surface area (Å²) in [6.45, 7) is 9.44. The van der Waals surface area contributed by atoms with E-state index in [0.29, 0.717) is 11.3 Å². The average Bonchev–Trinajstić information content (AvgIpc) is 3.08. The Morgan fingerprint density at radius 2 is 1.48 bits per heavy atom. The molecule has 2 unspecified atom stereocenters. The molecule has 0 fully saturated rings. The third kappa shape index (κ3) is 3.66. The topological polar surface area (TPSA) is 30.7 Å². The fraction of sp³-hybridized carbons (Fsp3) is 0.385. The van der Waals surface area contributed by atoms with E-state index in [9.17, 15) is 0 Å². The van der Waals surface area contributed by atoms with Crippen LogP contribution in [0.5, 0.6) is 0 Å². The zero-order valence-corrected chi connectivity index (χ0v) is 18.0. The van der Waals surface area contributed by atoms with E-state index in [0.717, 1.165) is 10.8 Å². The molecular formula is C26H31N3. The Labute approximate surface area is 173 Å². The first kappa shape index (κ1) is 19.6. The van der Waals surface area contributed by atoms with Crippen LogP contribution in [0.3, 0.4) is 0 Å². The maximum Gasteiger partial charge on any atom is 0.0572 e. The summed E-state index contributed by atoms with van der Waals surface area (Å²) >= 11 is 0. The summed E-state index contributed by atoms with van der Waals surface area (Å²) in [6.07, 6.45) is 12.6. The van der Waals surface area contributed by atoms with Crippen LogP contribution in [0.4, 0.5) is 0 Å². The summed E-state index contributed by atoms with van der Waals surface area (Å²) < 4.78 is 2.32. The Hall–Kier alpha value is -2.68. The van der Waals surface area contributed by atoms with Crippen LogP contribution in [-0.2, 0) is 0 Å². The lowest BCUT2D eigenvalue weighted by molar-refractivity contribution is 0.241. The van der Waals surface area contributed by atoms with Crippen molar-refractivity contribution < 1.29 is 0 Å². The largest absolute Gasteiger partial charge is 0.309 e. The molecule has 0 amide bonds. The van der Waals surface area contributed by atoms with Crippen molar-refractivity contribution in [3.05, 3.63) is 66.7 Å². The van der Waals surface area contributed by atoms with Crippen molar-refractivity contribution in [3.8, 4) is 5.69 Å². The van der Waals surface area contributed by atoms with Crippen LogP contribution in [0.15, 0.2) is 61.2 Å². The Morgan fingerprint density at radius 3 is 2.00 bits per heavy atom. The van der Waals surface area contributed by atoms with E-state index in [1.165, 1.54) is 48.0 Å². The second kappa shape index (κ2) is 7.98. The predicted octanol–water partition coefficient (Wildman–Crippen LogP) is 7.28. The minimum atomic E-state index is 0.430. The normalized spacial score (nSPS) is 14.9. The molecule has 0 saturated carbocycles. The van der Waals surface area contributed by atoms with Gasteiger partial charge in [0.15, 0.2) is 0 Å². The molecule has 29 heavy (non-hydrogen) atoms. The maximum absolute atomic E-state index is 4.32. The standard InChI is InChI=1S/C26H31N3/c1-5-13-26(4,6-2)16-19(3)20-7-9-21(10-8-20)29-24-11-14-27-17-22(24)23-18-28-15-12-25(23)29/h7-12,14-15,17-19H,5-6,13,16H2,1-4H3. The number of hydrogen-bond acceptors (Lipinski definition) is 2. The minimum Gasteiger partial charge on any atom is -0.309 e. The number of rotatable bonds is 7. The molecule has 0 bridgehead atoms. The Bertz CT molecular complexity index is 1060. The van der Waals surface area contributed by atoms with E-state index >= 15 is 0 Å². The average molecular weight is 386 g/mol. The van der Waals surface area contributed by atoms with Crippen molar-refractivity contribution in [2.45, 2.75) is 59.3 Å². The van der Waals surface area contributed by atoms with Gasteiger partial charge in [0, 0.05) is 41.2 Å². The van der Waals surface area contributed by atoms with Gasteiger partial charge in [0.05, 0.1) is 11.0 Å². The third-order valence-electron chi connectivity index (χ3n) is 6.59. The molecule has 0 aliphatic heterocycles. The van der Waals surface area contributed by atoms with Crippen LogP contribution in [0.25, 0.3) is 27.5 Å². The summed E-state index contributed by atoms with van der Waals surface area (Å²) in [5, 5.41) is 2.29. The number of fused-ring (bicyclic) bond motifs is 3. The molecule has 150 valence electrons. The highest BCUT2D eigenvalue weighted by molar-refractivity contribution is 6.08. The molecule has 0 spiro atoms. The van der Waals surface area contributed by atoms with E-state index in [1.54, 1.807) is 0 Å². The highest BCUT2D eigenvalue weighted by Gasteiger charge is 2.24. The monoisotopic (exact) mass is 385 g/mol. The van der Waals surface area contributed by atoms with Gasteiger partial charge in [-0.15, -0.1) is 0 Å². The zero-order chi connectivity index (χ0) is 20.4. The Balaban J connectivity index is 1.70. The van der Waals surface area contributed by atoms with Crippen LogP contribution < -0.4 is 0 Å². The molecule has 3 aromatic heterocycles. The van der Waals surface area contributed by atoms with Crippen molar-refractivity contribution in [2.75, 3.05) is 0 Å². The minimum absolute atomic E-state index is 0.430. The van der Waals surface area contributed by atoms with E-state index in [2.05, 4.69) is 78.6 Å². The molecule has 0 saturated heterocycles. The van der Waals surface area contributed by atoms with E-state index in [4.69, 9.17) is 0 Å². The third-order valence-corrected chi connectivity index (χ3v) is 6.59. The lowest BCUT2D eigenvalue weighted by Crippen LogP contribution is -2.18. The van der Waals surface area contributed by atoms with Gasteiger partial charge >= 0.3 is 0 Å². The summed E-state index contributed by atoms with van der Waals surface area (Å²) in [7, 11) is 0. The highest BCUT2D eigenvalue weighted by Crippen LogP contribution is 2.38. The van der Waals surface area contributed by atoms with Crippen LogP contribution in [0.2, 0.25) is 0 Å². The molecule has 4 aromatic rings. The Morgan fingerprint density at radius 1 is 0.897 bits per heavy atom. The van der Waals surface area contributed by atoms with Crippen molar-refractivity contribution in [1.82, 2.24) is 14.5 Å². The summed E-state index contributed by atoms with van der Waals surface area (Å²) in [5.74, 6) is 0.562. The van der Waals surface area contributed by atoms with Gasteiger partial charge in [-0.25, -0.2) is 0 Å². The lowest BCUT2D eigenvalue weighted by Gasteiger charge is -2.31. The van der Waals surface area contributed by atoms with Crippen LogP contribution >= 0.6 is 0 Å². The van der Waals surface area contributed by atoms with Crippen molar-refractivity contribution in [2.24, 2.45) is 5.41 Å². The van der Waals surface area contributed by atoms with Crippen molar-refractivity contribution in [3.63, 3.8) is 0 Å². The van der Waals surface area contributed by atoms with Gasteiger partial charge in [0.25, 0.3) is 0 Å². The Kier molecular flexibility index (Phi) is 5.40. The molecular weight excluding hydrogens is 354 g/mol. The fourth-order valence-corrected chi connectivity index (χ4v) is 4.82. The lowest BCUT2D eigenvalue weighted by atomic mass is 9.74. The number of benzene rings is 1. The van der Waals surface area contributed by atoms with E-state index in [-0.39, 0.29) is 0 Å². The van der Waals surface area contributed by atoms with E-state index in [1.807, 2.05) is 24.8 Å². The van der Waals surface area contributed by atoms with Gasteiger partial charge in [-0.1, -0.05) is 52.7 Å². The SMILES string of the molecule is CCCC(C)(CC)CC(C)c1ccc(-n2c3ccncc3c3cnccc32)cc1. The molecule has 0 N–H and O–H groups in total. The molecule has 0 radical (unpaired) electrons. The highest BCUT2D eigenvalue weighted by atomic mass is 15.0. The molecule has 2 atom stereocenters. The van der Waals surface area contributed by atoms with Gasteiger partial charge < -0.3 is 4.57 Å². The first-order valence-electron chi connectivity index (χ1n) is 10.8. The first-order valence-corrected chi connectivity index (χ1v) is 10.8. The van der Waals surface area contributed by atoms with Gasteiger partial charge in [-0.3, -0.25) is 9.97 Å². The van der Waals surface area contributed by atoms with Gasteiger partial charge in [0.1, 0.15) is 0 Å². The molecule has 4 rings (SSSR count). The number of pyridine rings is 2. The second-order valence-electron chi connectivity index (χ2n) is 8.73. The summed E-state index contributed by atoms with van der Waals surface area (Å²) in [5.41, 5.74) is 5.38. The molecule has 3 heterocycles. The molecule has 0 aliphatic carbocycles. The van der Waals surface area contributed by atoms with Crippen molar-refractivity contribution in [1.29, 1.82) is 0 Å². The van der Waals surface area contributed by atoms with Crippen LogP contribution in [0.1, 0.15) is 64.9 Å². The molecule has 0 aliphatic rings. The number of aromatic nitrogens is 3. The van der Waals surface area contributed by atoms with Gasteiger partial charge in [-0.05, 0) is 54.0 Å². The molecule has 1 aromatic carbocycles. The van der Waals surface area contributed by atoms with Gasteiger partial charge in [0.2, 0.25) is 0 Å². The number of hydrogen-bond donors (Lipinski definition) is 0. The maximum atomic E-state index is 4.32. The zero-order valence-electron chi connectivity index (χ0n) is 18.0. The summed E-state index contributed by atoms with van der Waals surface area (Å²) in [4.78, 5) is 8.65. The smallest absolute Gasteiger partial charge is 0.0572 e. The van der Waals surface area contributed by atoms with Crippen LogP contribution in [-0.4, -0.2) is 14.5 Å². The quantitative estimate of drug-likeness (QED) is 0.334. The van der Waals surface area contributed by atoms with Crippen molar-refractivity contribution >= 4 is 21.8 Å². The molecule has 3 heteroatoms.